The SMILES string of the molecule is CC(C)(C)CC(C)(C(=O)OC(OCCC1(C)CC2CC3CC(C1)C32)C(C)(C)C)C(C)(C)C. The van der Waals surface area contributed by atoms with Gasteiger partial charge in [-0.3, -0.25) is 4.79 Å². The summed E-state index contributed by atoms with van der Waals surface area (Å²) >= 11 is 0. The smallest absolute Gasteiger partial charge is 0.314 e. The van der Waals surface area contributed by atoms with E-state index in [1.54, 1.807) is 0 Å². The van der Waals surface area contributed by atoms with Gasteiger partial charge in [0, 0.05) is 5.41 Å². The van der Waals surface area contributed by atoms with Gasteiger partial charge in [-0.15, -0.1) is 0 Å². The molecule has 0 spiro atoms. The average molecular weight is 449 g/mol. The highest BCUT2D eigenvalue weighted by Gasteiger charge is 2.59. The molecule has 3 aliphatic rings. The van der Waals surface area contributed by atoms with E-state index >= 15 is 0 Å². The summed E-state index contributed by atoms with van der Waals surface area (Å²) < 4.78 is 12.6. The first-order chi connectivity index (χ1) is 14.3. The molecule has 3 rings (SSSR count). The van der Waals surface area contributed by atoms with E-state index in [1.807, 2.05) is 0 Å². The fourth-order valence-electron chi connectivity index (χ4n) is 7.06. The summed E-state index contributed by atoms with van der Waals surface area (Å²) in [6, 6.07) is 0. The zero-order chi connectivity index (χ0) is 24.3. The monoisotopic (exact) mass is 448 g/mol. The third-order valence-electron chi connectivity index (χ3n) is 9.24. The lowest BCUT2D eigenvalue weighted by Crippen LogP contribution is -2.57. The van der Waals surface area contributed by atoms with Crippen molar-refractivity contribution in [2.45, 2.75) is 121 Å². The van der Waals surface area contributed by atoms with E-state index in [-0.39, 0.29) is 22.2 Å². The standard InChI is InChI=1S/C29H52O3/c1-25(2,3)18-29(11,27(7,8)9)23(30)32-24(26(4,5)6)31-13-12-28(10)16-20-14-19-15-21(17-28)22(19)20/h19-22,24H,12-18H2,1-11H3. The van der Waals surface area contributed by atoms with E-state index in [1.165, 1.54) is 25.7 Å². The van der Waals surface area contributed by atoms with Gasteiger partial charge in [0.2, 0.25) is 6.29 Å². The molecule has 0 saturated heterocycles. The Bertz CT molecular complexity index is 673. The molecular weight excluding hydrogens is 396 g/mol. The van der Waals surface area contributed by atoms with Crippen molar-refractivity contribution in [2.75, 3.05) is 6.61 Å². The Hall–Kier alpha value is -0.570. The molecule has 3 saturated carbocycles. The van der Waals surface area contributed by atoms with Crippen molar-refractivity contribution in [3.8, 4) is 0 Å². The van der Waals surface area contributed by atoms with E-state index < -0.39 is 11.7 Å². The number of rotatable bonds is 7. The number of carbonyl (C=O) groups excluding carboxylic acids is 1. The molecule has 0 bridgehead atoms. The molecule has 4 atom stereocenters. The van der Waals surface area contributed by atoms with E-state index in [0.717, 1.165) is 36.5 Å². The van der Waals surface area contributed by atoms with Crippen LogP contribution in [0.2, 0.25) is 0 Å². The summed E-state index contributed by atoms with van der Waals surface area (Å²) in [4.78, 5) is 13.6. The number of hydrogen-bond acceptors (Lipinski definition) is 3. The second-order valence-corrected chi connectivity index (χ2v) is 15.6. The molecule has 32 heavy (non-hydrogen) atoms. The lowest BCUT2D eigenvalue weighted by Gasteiger charge is -2.65. The molecule has 3 fully saturated rings. The van der Waals surface area contributed by atoms with Gasteiger partial charge in [-0.25, -0.2) is 0 Å². The number of ether oxygens (including phenoxy) is 2. The zero-order valence-electron chi connectivity index (χ0n) is 23.1. The van der Waals surface area contributed by atoms with Crippen molar-refractivity contribution < 1.29 is 14.3 Å². The van der Waals surface area contributed by atoms with Crippen LogP contribution >= 0.6 is 0 Å². The van der Waals surface area contributed by atoms with Gasteiger partial charge in [-0.05, 0) is 85.4 Å². The van der Waals surface area contributed by atoms with E-state index in [2.05, 4.69) is 76.2 Å². The van der Waals surface area contributed by atoms with Crippen LogP contribution in [0.3, 0.4) is 0 Å². The number of carbonyl (C=O) groups is 1. The summed E-state index contributed by atoms with van der Waals surface area (Å²) in [6.07, 6.45) is 7.00. The lowest BCUT2D eigenvalue weighted by molar-refractivity contribution is -0.223. The summed E-state index contributed by atoms with van der Waals surface area (Å²) in [7, 11) is 0. The average Bonchev–Trinajstić information content (AvgIpc) is 2.53. The Balaban J connectivity index is 1.62. The van der Waals surface area contributed by atoms with Crippen LogP contribution in [0.4, 0.5) is 0 Å². The van der Waals surface area contributed by atoms with Crippen molar-refractivity contribution in [1.29, 1.82) is 0 Å². The Morgan fingerprint density at radius 1 is 0.906 bits per heavy atom. The summed E-state index contributed by atoms with van der Waals surface area (Å²) in [6.45, 7) is 24.6. The predicted molar refractivity (Wildman–Crippen MR) is 132 cm³/mol. The van der Waals surface area contributed by atoms with Gasteiger partial charge in [-0.2, -0.15) is 0 Å². The maximum atomic E-state index is 13.6. The number of esters is 1. The van der Waals surface area contributed by atoms with Gasteiger partial charge in [-0.1, -0.05) is 69.2 Å². The Morgan fingerprint density at radius 3 is 1.84 bits per heavy atom. The first kappa shape index (κ1) is 26.0. The largest absolute Gasteiger partial charge is 0.435 e. The Labute approximate surface area is 198 Å². The molecule has 0 aromatic heterocycles. The minimum absolute atomic E-state index is 0.0363. The normalized spacial score (nSPS) is 35.1. The maximum Gasteiger partial charge on any atom is 0.314 e. The van der Waals surface area contributed by atoms with Crippen LogP contribution in [0.1, 0.15) is 115 Å². The molecule has 3 nitrogen and oxygen atoms in total. The van der Waals surface area contributed by atoms with Gasteiger partial charge >= 0.3 is 5.97 Å². The topological polar surface area (TPSA) is 35.5 Å². The minimum atomic E-state index is -0.576. The Morgan fingerprint density at radius 2 is 1.44 bits per heavy atom. The first-order valence-electron chi connectivity index (χ1n) is 13.2. The third-order valence-corrected chi connectivity index (χ3v) is 9.24. The Kier molecular flexibility index (Phi) is 6.74. The van der Waals surface area contributed by atoms with Crippen LogP contribution < -0.4 is 0 Å². The van der Waals surface area contributed by atoms with E-state index in [4.69, 9.17) is 9.47 Å². The molecule has 0 aromatic rings. The van der Waals surface area contributed by atoms with Crippen molar-refractivity contribution >= 4 is 5.97 Å². The van der Waals surface area contributed by atoms with Crippen molar-refractivity contribution in [3.05, 3.63) is 0 Å². The molecular formula is C29H52O3. The molecule has 0 amide bonds. The summed E-state index contributed by atoms with van der Waals surface area (Å²) in [5.74, 6) is 3.95. The molecule has 0 heterocycles. The molecule has 186 valence electrons. The highest BCUT2D eigenvalue weighted by Crippen LogP contribution is 2.67. The van der Waals surface area contributed by atoms with Crippen LogP contribution in [0.25, 0.3) is 0 Å². The number of hydrogen-bond donors (Lipinski definition) is 0. The van der Waals surface area contributed by atoms with Gasteiger partial charge < -0.3 is 9.47 Å². The van der Waals surface area contributed by atoms with Crippen LogP contribution in [0, 0.1) is 50.7 Å². The molecule has 0 N–H and O–H groups in total. The summed E-state index contributed by atoms with van der Waals surface area (Å²) in [5.41, 5.74) is -0.614. The molecule has 4 unspecified atom stereocenters. The highest BCUT2D eigenvalue weighted by molar-refractivity contribution is 5.77. The molecule has 0 radical (unpaired) electrons. The van der Waals surface area contributed by atoms with Gasteiger partial charge in [0.1, 0.15) is 0 Å². The fourth-order valence-corrected chi connectivity index (χ4v) is 7.06. The van der Waals surface area contributed by atoms with Crippen LogP contribution in [0.15, 0.2) is 0 Å². The first-order valence-corrected chi connectivity index (χ1v) is 13.2. The van der Waals surface area contributed by atoms with Gasteiger partial charge in [0.05, 0.1) is 12.0 Å². The van der Waals surface area contributed by atoms with Crippen molar-refractivity contribution in [2.24, 2.45) is 50.7 Å². The lowest BCUT2D eigenvalue weighted by atomic mass is 9.40. The van der Waals surface area contributed by atoms with Crippen molar-refractivity contribution in [3.63, 3.8) is 0 Å². The predicted octanol–water partition coefficient (Wildman–Crippen LogP) is 7.87. The maximum absolute atomic E-state index is 13.6. The molecule has 0 aromatic carbocycles. The van der Waals surface area contributed by atoms with Gasteiger partial charge in [0.25, 0.3) is 0 Å². The molecule has 0 aliphatic heterocycles. The second-order valence-electron chi connectivity index (χ2n) is 15.6. The zero-order valence-corrected chi connectivity index (χ0v) is 23.1. The van der Waals surface area contributed by atoms with Gasteiger partial charge in [0.15, 0.2) is 0 Å². The second kappa shape index (κ2) is 8.28. The van der Waals surface area contributed by atoms with Crippen molar-refractivity contribution in [1.82, 2.24) is 0 Å². The van der Waals surface area contributed by atoms with Crippen LogP contribution in [-0.2, 0) is 14.3 Å². The van der Waals surface area contributed by atoms with Crippen LogP contribution in [-0.4, -0.2) is 18.9 Å². The molecule has 3 heteroatoms. The van der Waals surface area contributed by atoms with E-state index in [9.17, 15) is 4.79 Å². The molecule has 3 aliphatic carbocycles. The minimum Gasteiger partial charge on any atom is -0.435 e. The fraction of sp³-hybridized carbons (Fsp3) is 0.966. The highest BCUT2D eigenvalue weighted by atomic mass is 16.7. The third kappa shape index (κ3) is 5.23. The quantitative estimate of drug-likeness (QED) is 0.293. The summed E-state index contributed by atoms with van der Waals surface area (Å²) in [5, 5.41) is 0. The van der Waals surface area contributed by atoms with E-state index in [0.29, 0.717) is 12.0 Å². The van der Waals surface area contributed by atoms with Crippen LogP contribution in [0.5, 0.6) is 0 Å².